The van der Waals surface area contributed by atoms with Gasteiger partial charge in [0.25, 0.3) is 0 Å². The second kappa shape index (κ2) is 4.93. The van der Waals surface area contributed by atoms with E-state index in [1.54, 1.807) is 0 Å². The predicted molar refractivity (Wildman–Crippen MR) is 79.4 cm³/mol. The summed E-state index contributed by atoms with van der Waals surface area (Å²) in [5.41, 5.74) is 0. The monoisotopic (exact) mass is 302 g/mol. The number of nitrogens with zero attached hydrogens (tertiary/aromatic N) is 2. The summed E-state index contributed by atoms with van der Waals surface area (Å²) in [6, 6.07) is 0. The minimum atomic E-state index is -0.199. The van der Waals surface area contributed by atoms with E-state index in [4.69, 9.17) is 0 Å². The maximum Gasteiger partial charge on any atom is 0.242 e. The Morgan fingerprint density at radius 2 is 1.82 bits per heavy atom. The Hall–Kier alpha value is -1.65. The fourth-order valence-corrected chi connectivity index (χ4v) is 4.77. The van der Waals surface area contributed by atoms with Gasteiger partial charge in [0.2, 0.25) is 17.7 Å². The maximum absolute atomic E-state index is 12.6. The molecule has 0 aromatic rings. The van der Waals surface area contributed by atoms with Crippen LogP contribution >= 0.6 is 0 Å². The molecule has 5 nitrogen and oxygen atoms in total. The van der Waals surface area contributed by atoms with Gasteiger partial charge in [-0.15, -0.1) is 0 Å². The van der Waals surface area contributed by atoms with Crippen LogP contribution in [0.2, 0.25) is 0 Å². The first-order chi connectivity index (χ1) is 10.6. The van der Waals surface area contributed by atoms with Crippen LogP contribution in [0.15, 0.2) is 12.2 Å². The number of hydrogen-bond acceptors (Lipinski definition) is 3. The van der Waals surface area contributed by atoms with Crippen LogP contribution in [-0.2, 0) is 14.4 Å². The molecule has 2 bridgehead atoms. The van der Waals surface area contributed by atoms with Gasteiger partial charge in [-0.25, -0.2) is 0 Å². The molecule has 2 saturated heterocycles. The van der Waals surface area contributed by atoms with Gasteiger partial charge >= 0.3 is 0 Å². The molecule has 3 amide bonds. The van der Waals surface area contributed by atoms with Gasteiger partial charge in [-0.2, -0.15) is 0 Å². The smallest absolute Gasteiger partial charge is 0.242 e. The first-order valence-electron chi connectivity index (χ1n) is 8.37. The maximum atomic E-state index is 12.6. The molecule has 118 valence electrons. The molecular formula is C17H22N2O3. The van der Waals surface area contributed by atoms with E-state index < -0.39 is 0 Å². The topological polar surface area (TPSA) is 57.7 Å². The van der Waals surface area contributed by atoms with E-state index in [1.165, 1.54) is 4.90 Å². The summed E-state index contributed by atoms with van der Waals surface area (Å²) in [6.07, 6.45) is 7.24. The molecule has 2 heterocycles. The van der Waals surface area contributed by atoms with E-state index in [1.807, 2.05) is 4.90 Å². The zero-order valence-corrected chi connectivity index (χ0v) is 12.9. The van der Waals surface area contributed by atoms with Crippen LogP contribution in [0.25, 0.3) is 0 Å². The van der Waals surface area contributed by atoms with E-state index >= 15 is 0 Å². The molecule has 4 rings (SSSR count). The summed E-state index contributed by atoms with van der Waals surface area (Å²) >= 11 is 0. The van der Waals surface area contributed by atoms with E-state index in [0.717, 1.165) is 32.4 Å². The normalized spacial score (nSPS) is 39.8. The van der Waals surface area contributed by atoms with E-state index in [-0.39, 0.29) is 47.9 Å². The first kappa shape index (κ1) is 14.0. The number of amides is 3. The van der Waals surface area contributed by atoms with Crippen molar-refractivity contribution >= 4 is 17.7 Å². The second-order valence-electron chi connectivity index (χ2n) is 7.35. The van der Waals surface area contributed by atoms with Gasteiger partial charge in [0.15, 0.2) is 0 Å². The minimum absolute atomic E-state index is 0.0587. The standard InChI is InChI=1S/C17H22N2O3/c1-10-3-2-6-18(8-10)13(20)9-19-16(21)14-11-4-5-12(7-11)15(14)17(19)22/h4-5,10-12,14-15H,2-3,6-9H2,1H3/t10-,11+,12+,14-,15-/m1/s1. The van der Waals surface area contributed by atoms with Crippen LogP contribution in [0.1, 0.15) is 26.2 Å². The highest BCUT2D eigenvalue weighted by atomic mass is 16.2. The zero-order chi connectivity index (χ0) is 15.4. The molecule has 5 heteroatoms. The van der Waals surface area contributed by atoms with Gasteiger partial charge in [-0.3, -0.25) is 19.3 Å². The largest absolute Gasteiger partial charge is 0.341 e. The molecule has 2 aliphatic carbocycles. The molecule has 0 N–H and O–H groups in total. The number of piperidine rings is 1. The molecule has 4 aliphatic rings. The number of likely N-dealkylation sites (tertiary alicyclic amines) is 2. The highest BCUT2D eigenvalue weighted by molar-refractivity contribution is 6.08. The van der Waals surface area contributed by atoms with Crippen LogP contribution in [0.4, 0.5) is 0 Å². The minimum Gasteiger partial charge on any atom is -0.341 e. The van der Waals surface area contributed by atoms with Gasteiger partial charge < -0.3 is 4.90 Å². The third kappa shape index (κ3) is 1.94. The van der Waals surface area contributed by atoms with Crippen molar-refractivity contribution in [3.8, 4) is 0 Å². The molecule has 0 radical (unpaired) electrons. The second-order valence-corrected chi connectivity index (χ2v) is 7.35. The van der Waals surface area contributed by atoms with Gasteiger partial charge in [-0.1, -0.05) is 19.1 Å². The summed E-state index contributed by atoms with van der Waals surface area (Å²) in [5, 5.41) is 0. The lowest BCUT2D eigenvalue weighted by atomic mass is 9.85. The molecule has 5 atom stereocenters. The van der Waals surface area contributed by atoms with Crippen molar-refractivity contribution in [3.63, 3.8) is 0 Å². The summed E-state index contributed by atoms with van der Waals surface area (Å²) in [4.78, 5) is 40.6. The van der Waals surface area contributed by atoms with Crippen molar-refractivity contribution in [2.24, 2.45) is 29.6 Å². The Labute approximate surface area is 130 Å². The van der Waals surface area contributed by atoms with Crippen molar-refractivity contribution in [3.05, 3.63) is 12.2 Å². The molecule has 22 heavy (non-hydrogen) atoms. The van der Waals surface area contributed by atoms with Crippen molar-refractivity contribution in [2.45, 2.75) is 26.2 Å². The number of imide groups is 1. The van der Waals surface area contributed by atoms with E-state index in [0.29, 0.717) is 5.92 Å². The van der Waals surface area contributed by atoms with Gasteiger partial charge in [0, 0.05) is 13.1 Å². The van der Waals surface area contributed by atoms with Gasteiger partial charge in [0.1, 0.15) is 6.54 Å². The summed E-state index contributed by atoms with van der Waals surface area (Å²) < 4.78 is 0. The van der Waals surface area contributed by atoms with Crippen LogP contribution in [-0.4, -0.2) is 47.2 Å². The van der Waals surface area contributed by atoms with Gasteiger partial charge in [0.05, 0.1) is 11.8 Å². The summed E-state index contributed by atoms with van der Waals surface area (Å²) in [7, 11) is 0. The van der Waals surface area contributed by atoms with Crippen LogP contribution in [0.3, 0.4) is 0 Å². The summed E-state index contributed by atoms with van der Waals surface area (Å²) in [6.45, 7) is 3.57. The molecule has 1 saturated carbocycles. The molecule has 0 aromatic heterocycles. The highest BCUT2D eigenvalue weighted by Crippen LogP contribution is 2.52. The number of rotatable bonds is 2. The lowest BCUT2D eigenvalue weighted by Gasteiger charge is -2.32. The lowest BCUT2D eigenvalue weighted by molar-refractivity contribution is -0.147. The first-order valence-corrected chi connectivity index (χ1v) is 8.37. The molecule has 3 fully saturated rings. The lowest BCUT2D eigenvalue weighted by Crippen LogP contribution is -2.46. The fourth-order valence-electron chi connectivity index (χ4n) is 4.77. The van der Waals surface area contributed by atoms with Crippen molar-refractivity contribution < 1.29 is 14.4 Å². The Bertz CT molecular complexity index is 540. The Morgan fingerprint density at radius 3 is 2.41 bits per heavy atom. The quantitative estimate of drug-likeness (QED) is 0.566. The predicted octanol–water partition coefficient (Wildman–Crippen LogP) is 1.05. The molecule has 2 aliphatic heterocycles. The van der Waals surface area contributed by atoms with Crippen LogP contribution in [0, 0.1) is 29.6 Å². The van der Waals surface area contributed by atoms with Crippen molar-refractivity contribution in [1.82, 2.24) is 9.80 Å². The Kier molecular flexibility index (Phi) is 3.13. The Morgan fingerprint density at radius 1 is 1.18 bits per heavy atom. The number of allylic oxidation sites excluding steroid dienone is 2. The number of carbonyl (C=O) groups is 3. The van der Waals surface area contributed by atoms with E-state index in [9.17, 15) is 14.4 Å². The third-order valence-electron chi connectivity index (χ3n) is 5.86. The molecule has 0 aromatic carbocycles. The Balaban J connectivity index is 1.47. The molecule has 0 unspecified atom stereocenters. The van der Waals surface area contributed by atoms with Gasteiger partial charge in [-0.05, 0) is 37.0 Å². The van der Waals surface area contributed by atoms with Crippen molar-refractivity contribution in [1.29, 1.82) is 0 Å². The zero-order valence-electron chi connectivity index (χ0n) is 12.9. The SMILES string of the molecule is C[C@@H]1CCCN(C(=O)CN2C(=O)[C@H]3[C@H](C2=O)[C@H]2C=C[C@H]3C2)C1. The number of hydrogen-bond donors (Lipinski definition) is 0. The third-order valence-corrected chi connectivity index (χ3v) is 5.86. The number of fused-ring (bicyclic) bond motifs is 5. The van der Waals surface area contributed by atoms with Crippen molar-refractivity contribution in [2.75, 3.05) is 19.6 Å². The van der Waals surface area contributed by atoms with E-state index in [2.05, 4.69) is 19.1 Å². The average molecular weight is 302 g/mol. The average Bonchev–Trinajstić information content (AvgIpc) is 3.17. The molecular weight excluding hydrogens is 280 g/mol. The highest BCUT2D eigenvalue weighted by Gasteiger charge is 2.59. The fraction of sp³-hybridized carbons (Fsp3) is 0.706. The number of carbonyl (C=O) groups excluding carboxylic acids is 3. The van der Waals surface area contributed by atoms with Crippen LogP contribution in [0.5, 0.6) is 0 Å². The summed E-state index contributed by atoms with van der Waals surface area (Å²) in [5.74, 6) is 0.209. The molecule has 0 spiro atoms. The van der Waals surface area contributed by atoms with Crippen LogP contribution < -0.4 is 0 Å².